The minimum atomic E-state index is -0.371. The normalized spacial score (nSPS) is 12.2. The summed E-state index contributed by atoms with van der Waals surface area (Å²) < 4.78 is 5.29. The van der Waals surface area contributed by atoms with Crippen molar-refractivity contribution >= 4 is 12.3 Å². The average molecular weight is 415 g/mol. The van der Waals surface area contributed by atoms with Gasteiger partial charge in [0.1, 0.15) is 12.9 Å². The first kappa shape index (κ1) is 26.1. The van der Waals surface area contributed by atoms with Gasteiger partial charge >= 0.3 is 5.97 Å². The van der Waals surface area contributed by atoms with Crippen molar-refractivity contribution in [3.05, 3.63) is 48.0 Å². The highest BCUT2D eigenvalue weighted by atomic mass is 16.5. The van der Waals surface area contributed by atoms with Crippen molar-refractivity contribution in [1.82, 2.24) is 0 Å². The molecule has 0 N–H and O–H groups in total. The summed E-state index contributed by atoms with van der Waals surface area (Å²) in [6.07, 6.45) is 22.1. The summed E-state index contributed by atoms with van der Waals surface area (Å²) in [5.74, 6) is -0.570. The lowest BCUT2D eigenvalue weighted by molar-refractivity contribution is -0.144. The summed E-state index contributed by atoms with van der Waals surface area (Å²) >= 11 is 0. The smallest absolute Gasteiger partial charge is 0.305 e. The molecule has 0 saturated heterocycles. The Kier molecular flexibility index (Phi) is 16.6. The summed E-state index contributed by atoms with van der Waals surface area (Å²) in [7, 11) is 0. The standard InChI is InChI=1S/C27H42O3/c1-2-3-4-5-6-7-8-9-10-11-12-13-14-15-19-22-27(29)30-24-26(23-28)25-20-17-16-18-21-25/h9-10,16-18,20-21,23,26H,2-8,11-15,19,22,24H2,1H3/b10-9-. The van der Waals surface area contributed by atoms with Crippen LogP contribution in [0.4, 0.5) is 0 Å². The minimum absolute atomic E-state index is 0.136. The number of hydrogen-bond acceptors (Lipinski definition) is 3. The molecule has 1 atom stereocenters. The zero-order valence-electron chi connectivity index (χ0n) is 19.0. The second-order valence-corrected chi connectivity index (χ2v) is 8.17. The van der Waals surface area contributed by atoms with Gasteiger partial charge in [-0.1, -0.05) is 101 Å². The molecular formula is C27H42O3. The number of esters is 1. The van der Waals surface area contributed by atoms with Gasteiger partial charge in [-0.2, -0.15) is 0 Å². The molecule has 3 nitrogen and oxygen atoms in total. The molecule has 0 radical (unpaired) electrons. The molecule has 1 rings (SSSR count). The predicted molar refractivity (Wildman–Crippen MR) is 126 cm³/mol. The second-order valence-electron chi connectivity index (χ2n) is 8.17. The van der Waals surface area contributed by atoms with Crippen molar-refractivity contribution in [1.29, 1.82) is 0 Å². The van der Waals surface area contributed by atoms with E-state index >= 15 is 0 Å². The molecule has 3 heteroatoms. The van der Waals surface area contributed by atoms with Crippen molar-refractivity contribution in [3.8, 4) is 0 Å². The van der Waals surface area contributed by atoms with Gasteiger partial charge in [-0.15, -0.1) is 0 Å². The topological polar surface area (TPSA) is 43.4 Å². The van der Waals surface area contributed by atoms with Crippen LogP contribution in [0.15, 0.2) is 42.5 Å². The van der Waals surface area contributed by atoms with E-state index in [1.165, 1.54) is 70.6 Å². The molecular weight excluding hydrogens is 372 g/mol. The fraction of sp³-hybridized carbons (Fsp3) is 0.630. The zero-order chi connectivity index (χ0) is 21.7. The van der Waals surface area contributed by atoms with E-state index in [1.807, 2.05) is 30.3 Å². The third-order valence-corrected chi connectivity index (χ3v) is 5.46. The van der Waals surface area contributed by atoms with Gasteiger partial charge in [0.2, 0.25) is 0 Å². The number of ether oxygens (including phenoxy) is 1. The molecule has 0 fully saturated rings. The van der Waals surface area contributed by atoms with Crippen LogP contribution < -0.4 is 0 Å². The van der Waals surface area contributed by atoms with E-state index in [9.17, 15) is 9.59 Å². The highest BCUT2D eigenvalue weighted by Crippen LogP contribution is 2.14. The Morgan fingerprint density at radius 3 is 2.00 bits per heavy atom. The van der Waals surface area contributed by atoms with Gasteiger partial charge in [0.25, 0.3) is 0 Å². The number of aldehydes is 1. The molecule has 0 heterocycles. The number of rotatable bonds is 19. The number of allylic oxidation sites excluding steroid dienone is 2. The lowest BCUT2D eigenvalue weighted by atomic mass is 10.0. The van der Waals surface area contributed by atoms with Crippen LogP contribution >= 0.6 is 0 Å². The first-order chi connectivity index (χ1) is 14.8. The summed E-state index contributed by atoms with van der Waals surface area (Å²) in [5.41, 5.74) is 0.890. The first-order valence-electron chi connectivity index (χ1n) is 12.1. The minimum Gasteiger partial charge on any atom is -0.465 e. The van der Waals surface area contributed by atoms with Crippen molar-refractivity contribution in [2.45, 2.75) is 103 Å². The monoisotopic (exact) mass is 414 g/mol. The number of hydrogen-bond donors (Lipinski definition) is 0. The van der Waals surface area contributed by atoms with E-state index in [1.54, 1.807) is 0 Å². The fourth-order valence-electron chi connectivity index (χ4n) is 3.51. The van der Waals surface area contributed by atoms with E-state index in [2.05, 4.69) is 19.1 Å². The SMILES string of the molecule is CCCCCCCC/C=C\CCCCCCCC(=O)OCC(C=O)c1ccccc1. The third kappa shape index (κ3) is 14.1. The lowest BCUT2D eigenvalue weighted by Gasteiger charge is -2.11. The summed E-state index contributed by atoms with van der Waals surface area (Å²) in [6, 6.07) is 9.45. The number of benzene rings is 1. The molecule has 0 saturated carbocycles. The van der Waals surface area contributed by atoms with Gasteiger partial charge in [0.05, 0.1) is 5.92 Å². The van der Waals surface area contributed by atoms with Gasteiger partial charge in [0, 0.05) is 6.42 Å². The Bertz CT molecular complexity index is 565. The van der Waals surface area contributed by atoms with Crippen molar-refractivity contribution in [3.63, 3.8) is 0 Å². The van der Waals surface area contributed by atoms with Crippen LogP contribution in [0.2, 0.25) is 0 Å². The van der Waals surface area contributed by atoms with E-state index in [4.69, 9.17) is 4.74 Å². The van der Waals surface area contributed by atoms with E-state index in [0.29, 0.717) is 6.42 Å². The fourth-order valence-corrected chi connectivity index (χ4v) is 3.51. The summed E-state index contributed by atoms with van der Waals surface area (Å²) in [6.45, 7) is 2.40. The Morgan fingerprint density at radius 2 is 1.40 bits per heavy atom. The highest BCUT2D eigenvalue weighted by Gasteiger charge is 2.13. The Balaban J connectivity index is 1.92. The average Bonchev–Trinajstić information content (AvgIpc) is 2.77. The lowest BCUT2D eigenvalue weighted by Crippen LogP contribution is -2.13. The van der Waals surface area contributed by atoms with Crippen LogP contribution in [0.25, 0.3) is 0 Å². The third-order valence-electron chi connectivity index (χ3n) is 5.46. The van der Waals surface area contributed by atoms with Crippen LogP contribution in [-0.4, -0.2) is 18.9 Å². The molecule has 30 heavy (non-hydrogen) atoms. The van der Waals surface area contributed by atoms with Crippen LogP contribution in [0.5, 0.6) is 0 Å². The predicted octanol–water partition coefficient (Wildman–Crippen LogP) is 7.55. The maximum atomic E-state index is 11.9. The van der Waals surface area contributed by atoms with Gasteiger partial charge in [-0.05, 0) is 37.7 Å². The number of unbranched alkanes of at least 4 members (excludes halogenated alkanes) is 11. The maximum Gasteiger partial charge on any atom is 0.305 e. The molecule has 0 amide bonds. The summed E-state index contributed by atoms with van der Waals surface area (Å²) in [5, 5.41) is 0. The van der Waals surface area contributed by atoms with Gasteiger partial charge < -0.3 is 9.53 Å². The first-order valence-corrected chi connectivity index (χ1v) is 12.1. The Hall–Kier alpha value is -1.90. The molecule has 168 valence electrons. The van der Waals surface area contributed by atoms with E-state index in [-0.39, 0.29) is 18.5 Å². The highest BCUT2D eigenvalue weighted by molar-refractivity contribution is 5.70. The molecule has 1 aromatic rings. The van der Waals surface area contributed by atoms with Crippen LogP contribution in [0, 0.1) is 0 Å². The Labute approximate surface area is 184 Å². The number of carbonyl (C=O) groups is 2. The second kappa shape index (κ2) is 19.1. The van der Waals surface area contributed by atoms with Crippen molar-refractivity contribution in [2.24, 2.45) is 0 Å². The maximum absolute atomic E-state index is 11.9. The van der Waals surface area contributed by atoms with Crippen LogP contribution in [0.3, 0.4) is 0 Å². The molecule has 0 bridgehead atoms. The van der Waals surface area contributed by atoms with Gasteiger partial charge in [-0.25, -0.2) is 0 Å². The van der Waals surface area contributed by atoms with Gasteiger partial charge in [0.15, 0.2) is 0 Å². The van der Waals surface area contributed by atoms with Gasteiger partial charge in [-0.3, -0.25) is 4.79 Å². The largest absolute Gasteiger partial charge is 0.465 e. The molecule has 0 aromatic heterocycles. The van der Waals surface area contributed by atoms with Crippen molar-refractivity contribution < 1.29 is 14.3 Å². The molecule has 0 aliphatic rings. The van der Waals surface area contributed by atoms with Crippen molar-refractivity contribution in [2.75, 3.05) is 6.61 Å². The van der Waals surface area contributed by atoms with E-state index < -0.39 is 0 Å². The molecule has 0 spiro atoms. The molecule has 0 aliphatic heterocycles. The number of carbonyl (C=O) groups excluding carboxylic acids is 2. The zero-order valence-corrected chi connectivity index (χ0v) is 19.0. The Morgan fingerprint density at radius 1 is 0.833 bits per heavy atom. The molecule has 1 aromatic carbocycles. The molecule has 1 unspecified atom stereocenters. The molecule has 0 aliphatic carbocycles. The summed E-state index contributed by atoms with van der Waals surface area (Å²) in [4.78, 5) is 23.1. The van der Waals surface area contributed by atoms with Crippen LogP contribution in [-0.2, 0) is 14.3 Å². The van der Waals surface area contributed by atoms with Crippen LogP contribution in [0.1, 0.15) is 108 Å². The van der Waals surface area contributed by atoms with E-state index in [0.717, 1.165) is 24.7 Å². The quantitative estimate of drug-likeness (QED) is 0.102.